The number of benzene rings is 1. The molecule has 0 fully saturated rings. The maximum atomic E-state index is 9.38. The third-order valence-corrected chi connectivity index (χ3v) is 1.90. The summed E-state index contributed by atoms with van der Waals surface area (Å²) in [6.07, 6.45) is -0.457. The predicted octanol–water partition coefficient (Wildman–Crippen LogP) is 0.954. The van der Waals surface area contributed by atoms with Gasteiger partial charge in [-0.2, -0.15) is 0 Å². The van der Waals surface area contributed by atoms with Gasteiger partial charge in [-0.1, -0.05) is 17.7 Å². The van der Waals surface area contributed by atoms with Gasteiger partial charge in [-0.25, -0.2) is 0 Å². The van der Waals surface area contributed by atoms with Gasteiger partial charge in [0, 0.05) is 6.54 Å². The molecule has 1 atom stereocenters. The molecule has 1 rings (SSSR count). The van der Waals surface area contributed by atoms with E-state index in [4.69, 9.17) is 4.74 Å². The minimum Gasteiger partial charge on any atom is -0.491 e. The highest BCUT2D eigenvalue weighted by Crippen LogP contribution is 2.11. The van der Waals surface area contributed by atoms with Crippen molar-refractivity contribution in [3.8, 4) is 5.75 Å². The first kappa shape index (κ1) is 11.0. The van der Waals surface area contributed by atoms with Crippen LogP contribution < -0.4 is 10.1 Å². The van der Waals surface area contributed by atoms with Gasteiger partial charge in [0.2, 0.25) is 0 Å². The zero-order valence-corrected chi connectivity index (χ0v) is 8.66. The van der Waals surface area contributed by atoms with Crippen LogP contribution in [-0.4, -0.2) is 31.4 Å². The fraction of sp³-hybridized carbons (Fsp3) is 0.455. The van der Waals surface area contributed by atoms with E-state index in [1.54, 1.807) is 7.05 Å². The van der Waals surface area contributed by atoms with Crippen LogP contribution in [-0.2, 0) is 0 Å². The van der Waals surface area contributed by atoms with Crippen LogP contribution in [0.2, 0.25) is 0 Å². The summed E-state index contributed by atoms with van der Waals surface area (Å²) >= 11 is 0. The molecule has 0 aliphatic heterocycles. The second-order valence-electron chi connectivity index (χ2n) is 3.34. The second kappa shape index (κ2) is 5.62. The molecule has 0 saturated heterocycles. The van der Waals surface area contributed by atoms with E-state index in [0.717, 1.165) is 5.75 Å². The van der Waals surface area contributed by atoms with Gasteiger partial charge < -0.3 is 15.2 Å². The maximum absolute atomic E-state index is 9.38. The molecule has 0 aliphatic carbocycles. The molecule has 1 aromatic rings. The average Bonchev–Trinajstić information content (AvgIpc) is 2.17. The SMILES string of the molecule is CNC[C@H](O)COc1ccc(C)cc1. The lowest BCUT2D eigenvalue weighted by atomic mass is 10.2. The van der Waals surface area contributed by atoms with E-state index in [1.807, 2.05) is 31.2 Å². The summed E-state index contributed by atoms with van der Waals surface area (Å²) in [5.74, 6) is 0.797. The lowest BCUT2D eigenvalue weighted by Crippen LogP contribution is -2.29. The molecule has 0 bridgehead atoms. The van der Waals surface area contributed by atoms with Gasteiger partial charge in [-0.05, 0) is 26.1 Å². The molecule has 0 aromatic heterocycles. The predicted molar refractivity (Wildman–Crippen MR) is 56.6 cm³/mol. The van der Waals surface area contributed by atoms with E-state index in [2.05, 4.69) is 5.32 Å². The fourth-order valence-corrected chi connectivity index (χ4v) is 1.12. The molecule has 0 amide bonds. The summed E-state index contributed by atoms with van der Waals surface area (Å²) in [6, 6.07) is 7.78. The second-order valence-corrected chi connectivity index (χ2v) is 3.34. The van der Waals surface area contributed by atoms with Crippen molar-refractivity contribution in [1.82, 2.24) is 5.32 Å². The first-order chi connectivity index (χ1) is 6.72. The molecule has 2 N–H and O–H groups in total. The van der Waals surface area contributed by atoms with E-state index in [9.17, 15) is 5.11 Å². The number of aliphatic hydroxyl groups excluding tert-OH is 1. The third-order valence-electron chi connectivity index (χ3n) is 1.90. The average molecular weight is 195 g/mol. The van der Waals surface area contributed by atoms with Crippen LogP contribution in [0.4, 0.5) is 0 Å². The Kier molecular flexibility index (Phi) is 4.43. The van der Waals surface area contributed by atoms with Crippen molar-refractivity contribution in [2.24, 2.45) is 0 Å². The van der Waals surface area contributed by atoms with Gasteiger partial charge in [0.05, 0.1) is 0 Å². The van der Waals surface area contributed by atoms with Gasteiger partial charge in [0.25, 0.3) is 0 Å². The largest absolute Gasteiger partial charge is 0.491 e. The Morgan fingerprint density at radius 1 is 1.36 bits per heavy atom. The number of hydrogen-bond donors (Lipinski definition) is 2. The van der Waals surface area contributed by atoms with Gasteiger partial charge in [0.15, 0.2) is 0 Å². The number of aryl methyl sites for hydroxylation is 1. The number of likely N-dealkylation sites (N-methyl/N-ethyl adjacent to an activating group) is 1. The topological polar surface area (TPSA) is 41.5 Å². The highest BCUT2D eigenvalue weighted by atomic mass is 16.5. The smallest absolute Gasteiger partial charge is 0.119 e. The standard InChI is InChI=1S/C11H17NO2/c1-9-3-5-11(6-4-9)14-8-10(13)7-12-2/h3-6,10,12-13H,7-8H2,1-2H3/t10-/m0/s1. The number of aliphatic hydroxyl groups is 1. The van der Waals surface area contributed by atoms with Crippen LogP contribution in [0.15, 0.2) is 24.3 Å². The zero-order chi connectivity index (χ0) is 10.4. The van der Waals surface area contributed by atoms with Crippen LogP contribution in [0.25, 0.3) is 0 Å². The molecule has 0 saturated carbocycles. The van der Waals surface area contributed by atoms with Crippen molar-refractivity contribution in [2.75, 3.05) is 20.2 Å². The Balaban J connectivity index is 2.34. The summed E-state index contributed by atoms with van der Waals surface area (Å²) in [5.41, 5.74) is 1.20. The van der Waals surface area contributed by atoms with E-state index < -0.39 is 6.10 Å². The van der Waals surface area contributed by atoms with Crippen molar-refractivity contribution >= 4 is 0 Å². The van der Waals surface area contributed by atoms with Gasteiger partial charge >= 0.3 is 0 Å². The highest BCUT2D eigenvalue weighted by molar-refractivity contribution is 5.26. The molecule has 3 nitrogen and oxygen atoms in total. The van der Waals surface area contributed by atoms with E-state index in [-0.39, 0.29) is 0 Å². The first-order valence-corrected chi connectivity index (χ1v) is 4.74. The summed E-state index contributed by atoms with van der Waals surface area (Å²) in [7, 11) is 1.80. The Hall–Kier alpha value is -1.06. The van der Waals surface area contributed by atoms with Crippen LogP contribution in [0.3, 0.4) is 0 Å². The zero-order valence-electron chi connectivity index (χ0n) is 8.66. The number of hydrogen-bond acceptors (Lipinski definition) is 3. The molecule has 1 aromatic carbocycles. The fourth-order valence-electron chi connectivity index (χ4n) is 1.12. The number of nitrogens with one attached hydrogen (secondary N) is 1. The monoisotopic (exact) mass is 195 g/mol. The maximum Gasteiger partial charge on any atom is 0.119 e. The number of ether oxygens (including phenoxy) is 1. The molecule has 3 heteroatoms. The summed E-state index contributed by atoms with van der Waals surface area (Å²) in [5, 5.41) is 12.3. The molecular formula is C11H17NO2. The van der Waals surface area contributed by atoms with E-state index in [0.29, 0.717) is 13.2 Å². The normalized spacial score (nSPS) is 12.5. The molecule has 0 aliphatic rings. The minimum atomic E-state index is -0.457. The molecule has 78 valence electrons. The van der Waals surface area contributed by atoms with E-state index >= 15 is 0 Å². The molecular weight excluding hydrogens is 178 g/mol. The molecule has 0 unspecified atom stereocenters. The summed E-state index contributed by atoms with van der Waals surface area (Å²) in [4.78, 5) is 0. The van der Waals surface area contributed by atoms with Crippen molar-refractivity contribution in [3.63, 3.8) is 0 Å². The molecule has 0 spiro atoms. The van der Waals surface area contributed by atoms with Crippen LogP contribution in [0.5, 0.6) is 5.75 Å². The third kappa shape index (κ3) is 3.77. The first-order valence-electron chi connectivity index (χ1n) is 4.74. The molecule has 14 heavy (non-hydrogen) atoms. The highest BCUT2D eigenvalue weighted by Gasteiger charge is 2.02. The Morgan fingerprint density at radius 3 is 2.57 bits per heavy atom. The Morgan fingerprint density at radius 2 is 2.00 bits per heavy atom. The van der Waals surface area contributed by atoms with Crippen molar-refractivity contribution in [1.29, 1.82) is 0 Å². The number of rotatable bonds is 5. The molecule has 0 radical (unpaired) electrons. The lowest BCUT2D eigenvalue weighted by molar-refractivity contribution is 0.108. The van der Waals surface area contributed by atoms with Crippen molar-refractivity contribution in [2.45, 2.75) is 13.0 Å². The van der Waals surface area contributed by atoms with Crippen LogP contribution in [0, 0.1) is 6.92 Å². The minimum absolute atomic E-state index is 0.323. The van der Waals surface area contributed by atoms with Crippen molar-refractivity contribution in [3.05, 3.63) is 29.8 Å². The van der Waals surface area contributed by atoms with Crippen LogP contribution in [0.1, 0.15) is 5.56 Å². The van der Waals surface area contributed by atoms with Gasteiger partial charge in [-0.15, -0.1) is 0 Å². The molecule has 0 heterocycles. The van der Waals surface area contributed by atoms with Crippen molar-refractivity contribution < 1.29 is 9.84 Å². The van der Waals surface area contributed by atoms with Gasteiger partial charge in [-0.3, -0.25) is 0 Å². The summed E-state index contributed by atoms with van der Waals surface area (Å²) < 4.78 is 5.39. The van der Waals surface area contributed by atoms with Gasteiger partial charge in [0.1, 0.15) is 18.5 Å². The Bertz CT molecular complexity index is 258. The van der Waals surface area contributed by atoms with E-state index in [1.165, 1.54) is 5.56 Å². The summed E-state index contributed by atoms with van der Waals surface area (Å²) in [6.45, 7) is 2.90. The Labute approximate surface area is 84.7 Å². The lowest BCUT2D eigenvalue weighted by Gasteiger charge is -2.11. The van der Waals surface area contributed by atoms with Crippen LogP contribution >= 0.6 is 0 Å². The quantitative estimate of drug-likeness (QED) is 0.735.